The first-order valence-electron chi connectivity index (χ1n) is 8.68. The average Bonchev–Trinajstić information content (AvgIpc) is 3.09. The number of hydrogen-bond donors (Lipinski definition) is 0. The Balaban J connectivity index is 1.58. The summed E-state index contributed by atoms with van der Waals surface area (Å²) in [5, 5.41) is 0. The maximum absolute atomic E-state index is 14.1. The Morgan fingerprint density at radius 2 is 1.52 bits per heavy atom. The molecule has 0 saturated carbocycles. The van der Waals surface area contributed by atoms with Gasteiger partial charge in [0.1, 0.15) is 17.3 Å². The molecule has 3 nitrogen and oxygen atoms in total. The van der Waals surface area contributed by atoms with E-state index >= 15 is 0 Å². The molecule has 0 bridgehead atoms. The summed E-state index contributed by atoms with van der Waals surface area (Å²) < 4.78 is 56.9. The van der Waals surface area contributed by atoms with Gasteiger partial charge in [-0.15, -0.1) is 0 Å². The maximum Gasteiger partial charge on any atom is 0.159 e. The molecule has 0 aliphatic carbocycles. The number of aromatic nitrogens is 2. The molecule has 3 heterocycles. The zero-order chi connectivity index (χ0) is 20.1. The Kier molecular flexibility index (Phi) is 3.84. The Morgan fingerprint density at radius 1 is 0.759 bits per heavy atom. The highest BCUT2D eigenvalue weighted by Gasteiger charge is 2.24. The number of fused-ring (bicyclic) bond motifs is 1. The Hall–Kier alpha value is -3.74. The standard InChI is InChI=1S/C22H11F4N3/c23-15-6-4-12(8-18(15)26)19-10-27-20-7-5-13(11-29(19)20)14-9-28-22(14)21-16(24)2-1-3-17(21)25/h1-11H. The molecule has 0 radical (unpaired) electrons. The van der Waals surface area contributed by atoms with Crippen LogP contribution < -0.4 is 0 Å². The van der Waals surface area contributed by atoms with Crippen LogP contribution in [0.5, 0.6) is 0 Å². The SMILES string of the molecule is Fc1ccc(-c2cnc3ccc(C4=CN=C4c4c(F)cccc4F)cn23)cc1F. The van der Waals surface area contributed by atoms with Crippen molar-refractivity contribution in [1.29, 1.82) is 0 Å². The summed E-state index contributed by atoms with van der Waals surface area (Å²) in [5.41, 5.74) is 2.85. The molecule has 2 aromatic carbocycles. The van der Waals surface area contributed by atoms with Gasteiger partial charge in [0, 0.05) is 29.1 Å². The van der Waals surface area contributed by atoms with Crippen LogP contribution in [0, 0.1) is 23.3 Å². The second kappa shape index (κ2) is 6.41. The van der Waals surface area contributed by atoms with Crippen molar-refractivity contribution in [3.05, 3.63) is 102 Å². The molecule has 2 aromatic heterocycles. The minimum atomic E-state index is -0.959. The highest BCUT2D eigenvalue weighted by Crippen LogP contribution is 2.31. The van der Waals surface area contributed by atoms with Crippen molar-refractivity contribution >= 4 is 16.9 Å². The van der Waals surface area contributed by atoms with Crippen LogP contribution in [0.3, 0.4) is 0 Å². The van der Waals surface area contributed by atoms with Gasteiger partial charge >= 0.3 is 0 Å². The highest BCUT2D eigenvalue weighted by molar-refractivity contribution is 6.35. The van der Waals surface area contributed by atoms with Crippen molar-refractivity contribution < 1.29 is 17.6 Å². The predicted molar refractivity (Wildman–Crippen MR) is 101 cm³/mol. The van der Waals surface area contributed by atoms with E-state index in [4.69, 9.17) is 0 Å². The average molecular weight is 393 g/mol. The van der Waals surface area contributed by atoms with E-state index in [1.54, 1.807) is 28.9 Å². The predicted octanol–water partition coefficient (Wildman–Crippen LogP) is 5.40. The van der Waals surface area contributed by atoms with Gasteiger partial charge in [-0.1, -0.05) is 6.07 Å². The van der Waals surface area contributed by atoms with E-state index in [2.05, 4.69) is 9.98 Å². The number of hydrogen-bond acceptors (Lipinski definition) is 2. The summed E-state index contributed by atoms with van der Waals surface area (Å²) in [4.78, 5) is 8.32. The van der Waals surface area contributed by atoms with Gasteiger partial charge in [0.25, 0.3) is 0 Å². The van der Waals surface area contributed by atoms with Crippen molar-refractivity contribution in [2.24, 2.45) is 4.99 Å². The zero-order valence-corrected chi connectivity index (χ0v) is 14.7. The number of nitrogens with zero attached hydrogens (tertiary/aromatic N) is 3. The molecule has 142 valence electrons. The van der Waals surface area contributed by atoms with Crippen molar-refractivity contribution in [2.45, 2.75) is 0 Å². The van der Waals surface area contributed by atoms with Gasteiger partial charge in [-0.05, 0) is 42.5 Å². The maximum atomic E-state index is 14.1. The minimum Gasteiger partial charge on any atom is -0.299 e. The van der Waals surface area contributed by atoms with Gasteiger partial charge in [0.05, 0.1) is 23.2 Å². The lowest BCUT2D eigenvalue weighted by Gasteiger charge is -2.18. The van der Waals surface area contributed by atoms with Crippen LogP contribution in [0.1, 0.15) is 11.1 Å². The number of aliphatic imine (C=N–C) groups is 1. The number of allylic oxidation sites excluding steroid dienone is 1. The molecule has 0 fully saturated rings. The number of rotatable bonds is 3. The van der Waals surface area contributed by atoms with E-state index in [-0.39, 0.29) is 11.3 Å². The highest BCUT2D eigenvalue weighted by atomic mass is 19.2. The summed E-state index contributed by atoms with van der Waals surface area (Å²) in [5.74, 6) is -3.28. The van der Waals surface area contributed by atoms with Crippen molar-refractivity contribution in [2.75, 3.05) is 0 Å². The summed E-state index contributed by atoms with van der Waals surface area (Å²) >= 11 is 0. The second-order valence-corrected chi connectivity index (χ2v) is 6.54. The van der Waals surface area contributed by atoms with E-state index in [9.17, 15) is 17.6 Å². The van der Waals surface area contributed by atoms with Gasteiger partial charge < -0.3 is 0 Å². The third-order valence-corrected chi connectivity index (χ3v) is 4.81. The molecule has 0 unspecified atom stereocenters. The van der Waals surface area contributed by atoms with E-state index < -0.39 is 23.3 Å². The van der Waals surface area contributed by atoms with Gasteiger partial charge in [0.15, 0.2) is 11.6 Å². The molecular formula is C22H11F4N3. The Bertz CT molecular complexity index is 1330. The number of benzene rings is 2. The lowest BCUT2D eigenvalue weighted by atomic mass is 9.94. The van der Waals surface area contributed by atoms with Crippen molar-refractivity contribution in [1.82, 2.24) is 9.38 Å². The molecule has 5 rings (SSSR count). The third kappa shape index (κ3) is 2.74. The fourth-order valence-corrected chi connectivity index (χ4v) is 3.34. The van der Waals surface area contributed by atoms with Crippen LogP contribution in [0.2, 0.25) is 0 Å². The Morgan fingerprint density at radius 3 is 2.21 bits per heavy atom. The molecule has 0 saturated heterocycles. The Labute approximate surface area is 162 Å². The molecule has 7 heteroatoms. The summed E-state index contributed by atoms with van der Waals surface area (Å²) in [6, 6.07) is 10.7. The van der Waals surface area contributed by atoms with Gasteiger partial charge in [0.2, 0.25) is 0 Å². The molecule has 29 heavy (non-hydrogen) atoms. The van der Waals surface area contributed by atoms with Crippen LogP contribution in [0.4, 0.5) is 17.6 Å². The first-order chi connectivity index (χ1) is 14.0. The van der Waals surface area contributed by atoms with E-state index in [0.717, 1.165) is 12.1 Å². The van der Waals surface area contributed by atoms with Crippen molar-refractivity contribution in [3.63, 3.8) is 0 Å². The van der Waals surface area contributed by atoms with Gasteiger partial charge in [-0.25, -0.2) is 22.5 Å². The molecule has 0 atom stereocenters. The second-order valence-electron chi connectivity index (χ2n) is 6.54. The minimum absolute atomic E-state index is 0.184. The van der Waals surface area contributed by atoms with Crippen LogP contribution in [0.15, 0.2) is 72.1 Å². The molecule has 0 amide bonds. The van der Waals surface area contributed by atoms with Crippen molar-refractivity contribution in [3.8, 4) is 11.3 Å². The summed E-state index contributed by atoms with van der Waals surface area (Å²) in [6.45, 7) is 0. The fourth-order valence-electron chi connectivity index (χ4n) is 3.34. The molecule has 0 N–H and O–H groups in total. The van der Waals surface area contributed by atoms with Crippen LogP contribution >= 0.6 is 0 Å². The van der Waals surface area contributed by atoms with E-state index in [1.165, 1.54) is 30.5 Å². The number of imidazole rings is 1. The number of pyridine rings is 1. The first-order valence-corrected chi connectivity index (χ1v) is 8.68. The quantitative estimate of drug-likeness (QED) is 0.429. The van der Waals surface area contributed by atoms with Crippen LogP contribution in [-0.4, -0.2) is 15.1 Å². The van der Waals surface area contributed by atoms with Gasteiger partial charge in [-0.2, -0.15) is 0 Å². The van der Waals surface area contributed by atoms with Gasteiger partial charge in [-0.3, -0.25) is 9.39 Å². The van der Waals surface area contributed by atoms with Crippen LogP contribution in [0.25, 0.3) is 22.5 Å². The third-order valence-electron chi connectivity index (χ3n) is 4.81. The molecule has 1 aliphatic heterocycles. The zero-order valence-electron chi connectivity index (χ0n) is 14.7. The molecule has 1 aliphatic rings. The van der Waals surface area contributed by atoms with Crippen LogP contribution in [-0.2, 0) is 0 Å². The fraction of sp³-hybridized carbons (Fsp3) is 0. The normalized spacial score (nSPS) is 13.2. The molecule has 0 spiro atoms. The number of halogens is 4. The largest absolute Gasteiger partial charge is 0.299 e. The first kappa shape index (κ1) is 17.4. The lowest BCUT2D eigenvalue weighted by Crippen LogP contribution is -2.15. The molecule has 4 aromatic rings. The smallest absolute Gasteiger partial charge is 0.159 e. The molecular weight excluding hydrogens is 382 g/mol. The lowest BCUT2D eigenvalue weighted by molar-refractivity contribution is 0.509. The summed E-state index contributed by atoms with van der Waals surface area (Å²) in [7, 11) is 0. The monoisotopic (exact) mass is 393 g/mol. The summed E-state index contributed by atoms with van der Waals surface area (Å²) in [6.07, 6.45) is 4.79. The van der Waals surface area contributed by atoms with E-state index in [0.29, 0.717) is 28.0 Å². The van der Waals surface area contributed by atoms with E-state index in [1.807, 2.05) is 0 Å². The topological polar surface area (TPSA) is 29.7 Å².